The third-order valence-electron chi connectivity index (χ3n) is 7.82. The number of nitrogens with zero attached hydrogens (tertiary/aromatic N) is 3. The summed E-state index contributed by atoms with van der Waals surface area (Å²) in [6.07, 6.45) is 7.37. The van der Waals surface area contributed by atoms with E-state index in [0.717, 1.165) is 55.5 Å². The van der Waals surface area contributed by atoms with Crippen molar-refractivity contribution in [1.29, 1.82) is 0 Å². The van der Waals surface area contributed by atoms with E-state index in [-0.39, 0.29) is 12.5 Å². The second-order valence-electron chi connectivity index (χ2n) is 10.4. The highest BCUT2D eigenvalue weighted by Gasteiger charge is 2.33. The minimum Gasteiger partial charge on any atom is -0.388 e. The van der Waals surface area contributed by atoms with E-state index in [2.05, 4.69) is 22.0 Å². The van der Waals surface area contributed by atoms with Gasteiger partial charge in [0, 0.05) is 31.1 Å². The molecule has 3 aliphatic rings. The molecule has 3 heterocycles. The fraction of sp³-hybridized carbons (Fsp3) is 0.615. The first kappa shape index (κ1) is 22.9. The van der Waals surface area contributed by atoms with E-state index in [0.29, 0.717) is 22.5 Å². The van der Waals surface area contributed by atoms with Crippen molar-refractivity contribution in [1.82, 2.24) is 15.2 Å². The Balaban J connectivity index is 1.32. The fourth-order valence-electron chi connectivity index (χ4n) is 6.05. The number of aliphatic hydroxyl groups is 1. The number of likely N-dealkylation sites (tertiary alicyclic amines) is 1. The smallest absolute Gasteiger partial charge is 0.253 e. The average Bonchev–Trinajstić information content (AvgIpc) is 3.49. The molecule has 3 fully saturated rings. The number of aromatic nitrogens is 1. The lowest BCUT2D eigenvalue weighted by Crippen LogP contribution is -2.45. The number of nitrogens with one attached hydrogen (secondary N) is 1. The molecular formula is C26H35ClN4O2. The Bertz CT molecular complexity index is 1020. The molecule has 1 aromatic carbocycles. The van der Waals surface area contributed by atoms with Gasteiger partial charge < -0.3 is 15.3 Å². The van der Waals surface area contributed by atoms with Crippen LogP contribution in [0.5, 0.6) is 0 Å². The van der Waals surface area contributed by atoms with Crippen LogP contribution in [0.4, 0.5) is 5.82 Å². The third kappa shape index (κ3) is 4.84. The van der Waals surface area contributed by atoms with E-state index in [9.17, 15) is 9.90 Å². The van der Waals surface area contributed by atoms with Crippen molar-refractivity contribution < 1.29 is 9.90 Å². The molecule has 0 bridgehead atoms. The predicted molar refractivity (Wildman–Crippen MR) is 133 cm³/mol. The van der Waals surface area contributed by atoms with Gasteiger partial charge in [0.15, 0.2) is 0 Å². The lowest BCUT2D eigenvalue weighted by molar-refractivity contribution is -0.0109. The van der Waals surface area contributed by atoms with E-state index < -0.39 is 5.60 Å². The first-order valence-corrected chi connectivity index (χ1v) is 12.9. The number of pyridine rings is 1. The van der Waals surface area contributed by atoms with Crippen LogP contribution in [0.2, 0.25) is 5.02 Å². The summed E-state index contributed by atoms with van der Waals surface area (Å²) in [5, 5.41) is 15.0. The van der Waals surface area contributed by atoms with Crippen molar-refractivity contribution in [3.63, 3.8) is 0 Å². The number of rotatable bonds is 5. The number of fused-ring (bicyclic) bond motifs is 1. The molecule has 3 unspecified atom stereocenters. The molecule has 0 spiro atoms. The Morgan fingerprint density at radius 1 is 1.18 bits per heavy atom. The van der Waals surface area contributed by atoms with Crippen LogP contribution in [-0.4, -0.2) is 65.3 Å². The van der Waals surface area contributed by atoms with Crippen LogP contribution in [-0.2, 0) is 0 Å². The normalized spacial score (nSPS) is 28.5. The highest BCUT2D eigenvalue weighted by atomic mass is 35.5. The van der Waals surface area contributed by atoms with Crippen LogP contribution in [0.15, 0.2) is 24.3 Å². The summed E-state index contributed by atoms with van der Waals surface area (Å²) in [6.45, 7) is 6.86. The molecule has 5 rings (SSSR count). The van der Waals surface area contributed by atoms with Gasteiger partial charge in [0.1, 0.15) is 5.82 Å². The first-order chi connectivity index (χ1) is 15.9. The topological polar surface area (TPSA) is 68.7 Å². The van der Waals surface area contributed by atoms with Crippen LogP contribution < -0.4 is 10.2 Å². The molecule has 0 radical (unpaired) electrons. The zero-order valence-corrected chi connectivity index (χ0v) is 20.3. The van der Waals surface area contributed by atoms with Crippen molar-refractivity contribution in [3.05, 3.63) is 34.9 Å². The predicted octanol–water partition coefficient (Wildman–Crippen LogP) is 4.23. The van der Waals surface area contributed by atoms with Gasteiger partial charge in [0.25, 0.3) is 5.91 Å². The quantitative estimate of drug-likeness (QED) is 0.684. The number of hydrogen-bond donors (Lipinski definition) is 2. The van der Waals surface area contributed by atoms with Crippen molar-refractivity contribution in [2.24, 2.45) is 5.92 Å². The van der Waals surface area contributed by atoms with Crippen LogP contribution in [0.1, 0.15) is 62.2 Å². The maximum absolute atomic E-state index is 13.1. The summed E-state index contributed by atoms with van der Waals surface area (Å²) in [7, 11) is 0. The number of hydrogen-bond acceptors (Lipinski definition) is 5. The molecular weight excluding hydrogens is 436 g/mol. The molecule has 6 nitrogen and oxygen atoms in total. The second kappa shape index (κ2) is 9.40. The number of anilines is 1. The number of carbonyl (C=O) groups excluding carboxylic acids is 1. The van der Waals surface area contributed by atoms with E-state index >= 15 is 0 Å². The van der Waals surface area contributed by atoms with Gasteiger partial charge in [-0.1, -0.05) is 31.4 Å². The Morgan fingerprint density at radius 2 is 2.00 bits per heavy atom. The molecule has 3 atom stereocenters. The number of benzene rings is 1. The molecule has 1 amide bonds. The maximum atomic E-state index is 13.1. The lowest BCUT2D eigenvalue weighted by Gasteiger charge is -2.35. The summed E-state index contributed by atoms with van der Waals surface area (Å²) >= 11 is 6.47. The largest absolute Gasteiger partial charge is 0.388 e. The summed E-state index contributed by atoms with van der Waals surface area (Å²) in [5.74, 6) is 1.19. The average molecular weight is 471 g/mol. The van der Waals surface area contributed by atoms with E-state index in [1.165, 1.54) is 32.4 Å². The van der Waals surface area contributed by atoms with E-state index in [1.807, 2.05) is 18.2 Å². The Kier molecular flexibility index (Phi) is 6.51. The molecule has 33 heavy (non-hydrogen) atoms. The minimum atomic E-state index is -0.836. The van der Waals surface area contributed by atoms with E-state index in [1.54, 1.807) is 6.07 Å². The van der Waals surface area contributed by atoms with Crippen LogP contribution in [0.25, 0.3) is 10.9 Å². The van der Waals surface area contributed by atoms with Gasteiger partial charge in [-0.05, 0) is 75.4 Å². The maximum Gasteiger partial charge on any atom is 0.253 e. The summed E-state index contributed by atoms with van der Waals surface area (Å²) in [6, 6.07) is 8.24. The Morgan fingerprint density at radius 3 is 2.79 bits per heavy atom. The molecule has 1 aliphatic carbocycles. The number of carbonyl (C=O) groups is 1. The number of amides is 1. The summed E-state index contributed by atoms with van der Waals surface area (Å²) in [4.78, 5) is 23.0. The molecule has 1 aromatic heterocycles. The highest BCUT2D eigenvalue weighted by molar-refractivity contribution is 6.35. The molecule has 1 saturated carbocycles. The van der Waals surface area contributed by atoms with Crippen LogP contribution >= 0.6 is 11.6 Å². The first-order valence-electron chi connectivity index (χ1n) is 12.5. The molecule has 2 saturated heterocycles. The zero-order chi connectivity index (χ0) is 23.0. The summed E-state index contributed by atoms with van der Waals surface area (Å²) in [5.41, 5.74) is 0.381. The monoisotopic (exact) mass is 470 g/mol. The molecule has 178 valence electrons. The van der Waals surface area contributed by atoms with Crippen molar-refractivity contribution in [2.45, 2.75) is 63.5 Å². The highest BCUT2D eigenvalue weighted by Crippen LogP contribution is 2.33. The van der Waals surface area contributed by atoms with Crippen LogP contribution in [0, 0.1) is 5.92 Å². The molecule has 2 aliphatic heterocycles. The van der Waals surface area contributed by atoms with E-state index in [4.69, 9.17) is 16.6 Å². The van der Waals surface area contributed by atoms with Gasteiger partial charge >= 0.3 is 0 Å². The van der Waals surface area contributed by atoms with Gasteiger partial charge in [-0.15, -0.1) is 0 Å². The lowest BCUT2D eigenvalue weighted by atomic mass is 9.79. The third-order valence-corrected chi connectivity index (χ3v) is 8.14. The van der Waals surface area contributed by atoms with Gasteiger partial charge in [0.05, 0.1) is 21.7 Å². The van der Waals surface area contributed by atoms with Crippen molar-refractivity contribution in [2.75, 3.05) is 37.6 Å². The van der Waals surface area contributed by atoms with Crippen molar-refractivity contribution in [3.8, 4) is 0 Å². The SMILES string of the molecule is CC1CCCC(O)(CNC(=O)c2c(Cl)ccc3nc(N4CCC(N5CCCC5)C4)ccc23)C1. The molecule has 2 aromatic rings. The molecule has 7 heteroatoms. The zero-order valence-electron chi connectivity index (χ0n) is 19.5. The van der Waals surface area contributed by atoms with Gasteiger partial charge in [0.2, 0.25) is 0 Å². The summed E-state index contributed by atoms with van der Waals surface area (Å²) < 4.78 is 0. The standard InChI is InChI=1S/C26H35ClN4O2/c1-18-5-4-11-26(33,15-18)17-28-25(32)24-20-6-9-23(29-22(20)8-7-21(24)27)31-14-10-19(16-31)30-12-2-3-13-30/h6-9,18-19,33H,2-5,10-17H2,1H3,(H,28,32). The second-order valence-corrected chi connectivity index (χ2v) is 10.8. The Hall–Kier alpha value is -1.89. The van der Waals surface area contributed by atoms with Crippen molar-refractivity contribution >= 4 is 34.2 Å². The van der Waals surface area contributed by atoms with Crippen LogP contribution in [0.3, 0.4) is 0 Å². The fourth-order valence-corrected chi connectivity index (χ4v) is 6.30. The van der Waals surface area contributed by atoms with Gasteiger partial charge in [-0.2, -0.15) is 0 Å². The van der Waals surface area contributed by atoms with Gasteiger partial charge in [-0.3, -0.25) is 9.69 Å². The van der Waals surface area contributed by atoms with Gasteiger partial charge in [-0.25, -0.2) is 4.98 Å². The molecule has 2 N–H and O–H groups in total. The number of halogens is 1. The Labute approximate surface area is 201 Å². The minimum absolute atomic E-state index is 0.248.